The van der Waals surface area contributed by atoms with E-state index in [0.717, 1.165) is 18.2 Å². The Morgan fingerprint density at radius 1 is 1.14 bits per heavy atom. The molecule has 0 saturated heterocycles. The van der Waals surface area contributed by atoms with E-state index in [0.29, 0.717) is 11.4 Å². The van der Waals surface area contributed by atoms with Crippen molar-refractivity contribution >= 4 is 17.3 Å². The van der Waals surface area contributed by atoms with Crippen molar-refractivity contribution in [3.8, 4) is 5.75 Å². The van der Waals surface area contributed by atoms with Crippen molar-refractivity contribution in [2.45, 2.75) is 0 Å². The lowest BCUT2D eigenvalue weighted by atomic mass is 10.3. The lowest BCUT2D eigenvalue weighted by Crippen LogP contribution is -2.22. The summed E-state index contributed by atoms with van der Waals surface area (Å²) in [4.78, 5) is 11.7. The highest BCUT2D eigenvalue weighted by molar-refractivity contribution is 5.93. The van der Waals surface area contributed by atoms with Crippen LogP contribution in [0.2, 0.25) is 0 Å². The maximum Gasteiger partial charge on any atom is 0.243 e. The van der Waals surface area contributed by atoms with Gasteiger partial charge in [0.1, 0.15) is 17.4 Å². The lowest BCUT2D eigenvalue weighted by molar-refractivity contribution is -0.114. The summed E-state index contributed by atoms with van der Waals surface area (Å²) in [6.45, 7) is -0.174. The van der Waals surface area contributed by atoms with E-state index < -0.39 is 11.6 Å². The molecular formula is C15H14F2N2O2. The van der Waals surface area contributed by atoms with Gasteiger partial charge in [0.15, 0.2) is 0 Å². The Bertz CT molecular complexity index is 630. The second kappa shape index (κ2) is 6.69. The molecule has 0 atom stereocenters. The SMILES string of the molecule is COc1ccc(NC(=O)CNc2cc(F)ccc2F)cc1. The molecule has 0 heterocycles. The number of benzene rings is 2. The van der Waals surface area contributed by atoms with Crippen LogP contribution in [0.3, 0.4) is 0 Å². The number of amides is 1. The first-order valence-electron chi connectivity index (χ1n) is 6.21. The van der Waals surface area contributed by atoms with Crippen LogP contribution in [0.1, 0.15) is 0 Å². The zero-order valence-electron chi connectivity index (χ0n) is 11.3. The second-order valence-corrected chi connectivity index (χ2v) is 4.25. The number of carbonyl (C=O) groups is 1. The number of ether oxygens (including phenoxy) is 1. The van der Waals surface area contributed by atoms with Crippen LogP contribution in [0.5, 0.6) is 5.75 Å². The summed E-state index contributed by atoms with van der Waals surface area (Å²) in [6.07, 6.45) is 0. The predicted octanol–water partition coefficient (Wildman–Crippen LogP) is 3.02. The molecule has 0 saturated carbocycles. The summed E-state index contributed by atoms with van der Waals surface area (Å²) in [6, 6.07) is 9.77. The first kappa shape index (κ1) is 14.8. The van der Waals surface area contributed by atoms with E-state index in [1.165, 1.54) is 0 Å². The Hall–Kier alpha value is -2.63. The predicted molar refractivity (Wildman–Crippen MR) is 76.5 cm³/mol. The molecule has 0 fully saturated rings. The van der Waals surface area contributed by atoms with Gasteiger partial charge in [0.25, 0.3) is 0 Å². The van der Waals surface area contributed by atoms with E-state index in [4.69, 9.17) is 4.74 Å². The molecule has 110 valence electrons. The average Bonchev–Trinajstić information content (AvgIpc) is 2.49. The summed E-state index contributed by atoms with van der Waals surface area (Å²) < 4.78 is 31.3. The molecule has 2 rings (SSSR count). The summed E-state index contributed by atoms with van der Waals surface area (Å²) in [7, 11) is 1.55. The number of halogens is 2. The third kappa shape index (κ3) is 4.17. The molecular weight excluding hydrogens is 278 g/mol. The zero-order valence-corrected chi connectivity index (χ0v) is 11.3. The van der Waals surface area contributed by atoms with Gasteiger partial charge in [0.05, 0.1) is 19.3 Å². The molecule has 2 N–H and O–H groups in total. The van der Waals surface area contributed by atoms with E-state index in [1.807, 2.05) is 0 Å². The Kier molecular flexibility index (Phi) is 4.71. The summed E-state index contributed by atoms with van der Waals surface area (Å²) in [5.41, 5.74) is 0.530. The van der Waals surface area contributed by atoms with Gasteiger partial charge in [0.2, 0.25) is 5.91 Å². The van der Waals surface area contributed by atoms with E-state index in [1.54, 1.807) is 31.4 Å². The third-order valence-corrected chi connectivity index (χ3v) is 2.74. The van der Waals surface area contributed by atoms with Crippen molar-refractivity contribution in [2.75, 3.05) is 24.3 Å². The van der Waals surface area contributed by atoms with Crippen LogP contribution < -0.4 is 15.4 Å². The van der Waals surface area contributed by atoms with Crippen molar-refractivity contribution < 1.29 is 18.3 Å². The van der Waals surface area contributed by atoms with E-state index in [9.17, 15) is 13.6 Å². The molecule has 2 aromatic rings. The van der Waals surface area contributed by atoms with E-state index in [2.05, 4.69) is 10.6 Å². The smallest absolute Gasteiger partial charge is 0.243 e. The number of hydrogen-bond acceptors (Lipinski definition) is 3. The highest BCUT2D eigenvalue weighted by Gasteiger charge is 2.06. The van der Waals surface area contributed by atoms with Gasteiger partial charge in [-0.15, -0.1) is 0 Å². The molecule has 0 bridgehead atoms. The van der Waals surface area contributed by atoms with Crippen LogP contribution in [0.25, 0.3) is 0 Å². The van der Waals surface area contributed by atoms with Gasteiger partial charge in [-0.25, -0.2) is 8.78 Å². The number of hydrogen-bond donors (Lipinski definition) is 2. The minimum atomic E-state index is -0.617. The van der Waals surface area contributed by atoms with Crippen LogP contribution in [-0.4, -0.2) is 19.6 Å². The van der Waals surface area contributed by atoms with Gasteiger partial charge in [-0.2, -0.15) is 0 Å². The monoisotopic (exact) mass is 292 g/mol. The van der Waals surface area contributed by atoms with Gasteiger partial charge < -0.3 is 15.4 Å². The highest BCUT2D eigenvalue weighted by atomic mass is 19.1. The fourth-order valence-corrected chi connectivity index (χ4v) is 1.69. The molecule has 0 aromatic heterocycles. The van der Waals surface area contributed by atoms with Gasteiger partial charge in [-0.05, 0) is 42.5 Å². The first-order valence-corrected chi connectivity index (χ1v) is 6.21. The van der Waals surface area contributed by atoms with Gasteiger partial charge >= 0.3 is 0 Å². The molecule has 4 nitrogen and oxygen atoms in total. The van der Waals surface area contributed by atoms with Crippen LogP contribution in [-0.2, 0) is 4.79 Å². The Balaban J connectivity index is 1.91. The topological polar surface area (TPSA) is 50.4 Å². The minimum Gasteiger partial charge on any atom is -0.497 e. The highest BCUT2D eigenvalue weighted by Crippen LogP contribution is 2.16. The van der Waals surface area contributed by atoms with Crippen molar-refractivity contribution in [1.29, 1.82) is 0 Å². The molecule has 0 aliphatic carbocycles. The molecule has 0 aliphatic rings. The van der Waals surface area contributed by atoms with Gasteiger partial charge in [-0.3, -0.25) is 4.79 Å². The molecule has 2 aromatic carbocycles. The first-order chi connectivity index (χ1) is 10.1. The molecule has 0 aliphatic heterocycles. The fraction of sp³-hybridized carbons (Fsp3) is 0.133. The van der Waals surface area contributed by atoms with Crippen molar-refractivity contribution in [1.82, 2.24) is 0 Å². The van der Waals surface area contributed by atoms with Crippen LogP contribution >= 0.6 is 0 Å². The van der Waals surface area contributed by atoms with Gasteiger partial charge in [-0.1, -0.05) is 0 Å². The maximum absolute atomic E-state index is 13.4. The standard InChI is InChI=1S/C15H14F2N2O2/c1-21-12-5-3-11(4-6-12)19-15(20)9-18-14-8-10(16)2-7-13(14)17/h2-8,18H,9H2,1H3,(H,19,20). The number of anilines is 2. The lowest BCUT2D eigenvalue weighted by Gasteiger charge is -2.09. The zero-order chi connectivity index (χ0) is 15.2. The van der Waals surface area contributed by atoms with Gasteiger partial charge in [0, 0.05) is 5.69 Å². The fourth-order valence-electron chi connectivity index (χ4n) is 1.69. The van der Waals surface area contributed by atoms with Crippen molar-refractivity contribution in [3.63, 3.8) is 0 Å². The summed E-state index contributed by atoms with van der Waals surface area (Å²) >= 11 is 0. The quantitative estimate of drug-likeness (QED) is 0.890. The van der Waals surface area contributed by atoms with Crippen LogP contribution in [0, 0.1) is 11.6 Å². The van der Waals surface area contributed by atoms with Crippen LogP contribution in [0.15, 0.2) is 42.5 Å². The molecule has 0 radical (unpaired) electrons. The molecule has 1 amide bonds. The summed E-state index contributed by atoms with van der Waals surface area (Å²) in [5.74, 6) is -0.889. The normalized spacial score (nSPS) is 10.0. The average molecular weight is 292 g/mol. The largest absolute Gasteiger partial charge is 0.497 e. The maximum atomic E-state index is 13.4. The second-order valence-electron chi connectivity index (χ2n) is 4.25. The molecule has 21 heavy (non-hydrogen) atoms. The minimum absolute atomic E-state index is 0.0557. The van der Waals surface area contributed by atoms with E-state index in [-0.39, 0.29) is 18.1 Å². The van der Waals surface area contributed by atoms with Crippen molar-refractivity contribution in [2.24, 2.45) is 0 Å². The number of rotatable bonds is 5. The molecule has 0 unspecified atom stereocenters. The van der Waals surface area contributed by atoms with Crippen LogP contribution in [0.4, 0.5) is 20.2 Å². The van der Waals surface area contributed by atoms with Crippen molar-refractivity contribution in [3.05, 3.63) is 54.1 Å². The summed E-state index contributed by atoms with van der Waals surface area (Å²) in [5, 5.41) is 5.17. The third-order valence-electron chi connectivity index (χ3n) is 2.74. The number of methoxy groups -OCH3 is 1. The Morgan fingerprint density at radius 2 is 1.86 bits per heavy atom. The molecule has 0 spiro atoms. The molecule has 6 heteroatoms. The van der Waals surface area contributed by atoms with E-state index >= 15 is 0 Å². The Morgan fingerprint density at radius 3 is 2.52 bits per heavy atom. The number of nitrogens with one attached hydrogen (secondary N) is 2. The Labute approximate surface area is 120 Å². The number of carbonyl (C=O) groups excluding carboxylic acids is 1.